The van der Waals surface area contributed by atoms with Gasteiger partial charge in [0.2, 0.25) is 0 Å². The molecule has 0 saturated heterocycles. The smallest absolute Gasteiger partial charge is 0.197 e. The van der Waals surface area contributed by atoms with Gasteiger partial charge in [-0.2, -0.15) is 0 Å². The Kier molecular flexibility index (Phi) is 7.78. The minimum atomic E-state index is -0.0945. The van der Waals surface area contributed by atoms with Crippen LogP contribution < -0.4 is 16.2 Å². The van der Waals surface area contributed by atoms with Crippen LogP contribution in [0, 0.1) is 0 Å². The predicted octanol–water partition coefficient (Wildman–Crippen LogP) is 15.8. The van der Waals surface area contributed by atoms with Gasteiger partial charge in [-0.25, -0.2) is 0 Å². The Bertz CT molecular complexity index is 3820. The molecule has 2 nitrogen and oxygen atoms in total. The highest BCUT2D eigenvalue weighted by molar-refractivity contribution is 7.26. The summed E-state index contributed by atoms with van der Waals surface area (Å²) in [6.45, 7) is 18.6. The van der Waals surface area contributed by atoms with Crippen molar-refractivity contribution in [2.24, 2.45) is 0 Å². The third-order valence-electron chi connectivity index (χ3n) is 14.5. The number of thiophene rings is 2. The highest BCUT2D eigenvalue weighted by Crippen LogP contribution is 2.52. The zero-order valence-electron chi connectivity index (χ0n) is 37.6. The number of rotatable bonds is 3. The molecule has 1 N–H and O–H groups in total. The van der Waals surface area contributed by atoms with E-state index in [9.17, 15) is 0 Å². The number of aromatic nitrogens is 1. The van der Waals surface area contributed by atoms with E-state index in [1.165, 1.54) is 123 Å². The van der Waals surface area contributed by atoms with Gasteiger partial charge in [0.1, 0.15) is 0 Å². The van der Waals surface area contributed by atoms with Gasteiger partial charge in [0.05, 0.1) is 5.52 Å². The molecule has 0 unspecified atom stereocenters. The number of nitrogens with one attached hydrogen (secondary N) is 1. The SMILES string of the molecule is CC(C)(C)c1ccc(Nc2cc3sc4cc(C(C)(C)C)ccc4c3cc2-c2ccc3c4cc5c(cc4n4c3c2[B]c2cc3c(cc2-4)sc2ccccc23)-c2ccccc2C5(C)C)cc1. The van der Waals surface area contributed by atoms with Crippen LogP contribution in [0.2, 0.25) is 0 Å². The number of benzene rings is 8. The topological polar surface area (TPSA) is 17.0 Å². The van der Waals surface area contributed by atoms with Gasteiger partial charge in [0.15, 0.2) is 7.28 Å². The standard InChI is InChI=1S/C59H48BN2S2/c1-57(2,3)32-17-20-34(21-18-32)61-48-30-53-43(37-22-19-33(58(4,5)6)25-52(37)64-53)26-41(48)38-23-24-39-42-27-46-40(35-13-9-11-15-45(35)59(46,7)8)29-49(42)62-50-31-54-44(28-47(50)60-55(38)56(39)62)36-14-10-12-16-51(36)63-54/h9-31,61H,1-8H3. The van der Waals surface area contributed by atoms with Gasteiger partial charge in [0, 0.05) is 79.3 Å². The van der Waals surface area contributed by atoms with Gasteiger partial charge in [-0.05, 0) is 115 Å². The fraction of sp³-hybridized carbons (Fsp3) is 0.186. The molecule has 0 bridgehead atoms. The summed E-state index contributed by atoms with van der Waals surface area (Å²) in [5.74, 6) is 0. The van der Waals surface area contributed by atoms with E-state index in [-0.39, 0.29) is 16.2 Å². The molecule has 0 spiro atoms. The van der Waals surface area contributed by atoms with Crippen molar-refractivity contribution in [2.75, 3.05) is 5.32 Å². The number of fused-ring (bicyclic) bond motifs is 14. The molecule has 8 aromatic carbocycles. The first kappa shape index (κ1) is 38.3. The van der Waals surface area contributed by atoms with Crippen molar-refractivity contribution in [3.05, 3.63) is 162 Å². The van der Waals surface area contributed by atoms with E-state index in [1.807, 2.05) is 22.7 Å². The van der Waals surface area contributed by atoms with Crippen molar-refractivity contribution in [1.82, 2.24) is 4.57 Å². The Morgan fingerprint density at radius 2 is 1.17 bits per heavy atom. The summed E-state index contributed by atoms with van der Waals surface area (Å²) in [6.07, 6.45) is 0. The number of anilines is 2. The molecule has 11 aromatic rings. The third kappa shape index (κ3) is 5.44. The second kappa shape index (κ2) is 13.0. The summed E-state index contributed by atoms with van der Waals surface area (Å²) in [6, 6.07) is 53.8. The molecule has 13 rings (SSSR count). The zero-order valence-corrected chi connectivity index (χ0v) is 39.3. The highest BCUT2D eigenvalue weighted by atomic mass is 32.1. The maximum absolute atomic E-state index is 3.98. The monoisotopic (exact) mass is 859 g/mol. The van der Waals surface area contributed by atoms with Gasteiger partial charge in [0.25, 0.3) is 0 Å². The van der Waals surface area contributed by atoms with Crippen molar-refractivity contribution in [3.63, 3.8) is 0 Å². The van der Waals surface area contributed by atoms with Crippen LogP contribution in [-0.4, -0.2) is 11.8 Å². The van der Waals surface area contributed by atoms with Gasteiger partial charge < -0.3 is 9.88 Å². The van der Waals surface area contributed by atoms with Gasteiger partial charge in [-0.3, -0.25) is 0 Å². The lowest BCUT2D eigenvalue weighted by Crippen LogP contribution is -2.37. The summed E-state index contributed by atoms with van der Waals surface area (Å²) < 4.78 is 7.89. The van der Waals surface area contributed by atoms with E-state index in [4.69, 9.17) is 0 Å². The molecular formula is C59H48BN2S2. The lowest BCUT2D eigenvalue weighted by molar-refractivity contribution is 0.590. The Balaban J connectivity index is 1.11. The molecule has 0 atom stereocenters. The first-order valence-corrected chi connectivity index (χ1v) is 24.3. The Morgan fingerprint density at radius 3 is 1.98 bits per heavy atom. The van der Waals surface area contributed by atoms with E-state index in [2.05, 4.69) is 212 Å². The number of hydrogen-bond acceptors (Lipinski definition) is 3. The Hall–Kier alpha value is -6.14. The molecule has 309 valence electrons. The second-order valence-corrected chi connectivity index (χ2v) is 23.1. The number of nitrogens with zero attached hydrogens (tertiary/aromatic N) is 1. The maximum atomic E-state index is 3.98. The first-order chi connectivity index (χ1) is 30.7. The molecule has 64 heavy (non-hydrogen) atoms. The van der Waals surface area contributed by atoms with Crippen LogP contribution in [0.25, 0.3) is 90.1 Å². The van der Waals surface area contributed by atoms with Gasteiger partial charge in [-0.15, -0.1) is 22.7 Å². The van der Waals surface area contributed by atoms with E-state index in [0.717, 1.165) is 11.4 Å². The summed E-state index contributed by atoms with van der Waals surface area (Å²) in [4.78, 5) is 0. The molecule has 4 heterocycles. The Labute approximate surface area is 383 Å². The lowest BCUT2D eigenvalue weighted by Gasteiger charge is -2.24. The molecule has 1 radical (unpaired) electrons. The number of hydrogen-bond donors (Lipinski definition) is 1. The average Bonchev–Trinajstić information content (AvgIpc) is 3.98. The lowest BCUT2D eigenvalue weighted by atomic mass is 9.59. The molecule has 2 aliphatic rings. The minimum absolute atomic E-state index is 0.0737. The van der Waals surface area contributed by atoms with Crippen LogP contribution in [0.4, 0.5) is 11.4 Å². The summed E-state index contributed by atoms with van der Waals surface area (Å²) in [5.41, 5.74) is 19.2. The molecule has 0 amide bonds. The minimum Gasteiger partial charge on any atom is -0.355 e. The second-order valence-electron chi connectivity index (χ2n) is 20.9. The van der Waals surface area contributed by atoms with Crippen molar-refractivity contribution < 1.29 is 0 Å². The maximum Gasteiger partial charge on any atom is 0.197 e. The quantitative estimate of drug-likeness (QED) is 0.175. The average molecular weight is 860 g/mol. The Morgan fingerprint density at radius 1 is 0.500 bits per heavy atom. The molecule has 1 aliphatic carbocycles. The molecule has 0 saturated carbocycles. The van der Waals surface area contributed by atoms with Crippen molar-refractivity contribution in [3.8, 4) is 27.9 Å². The van der Waals surface area contributed by atoms with Gasteiger partial charge >= 0.3 is 0 Å². The van der Waals surface area contributed by atoms with Crippen LogP contribution in [-0.2, 0) is 16.2 Å². The van der Waals surface area contributed by atoms with E-state index >= 15 is 0 Å². The third-order valence-corrected chi connectivity index (χ3v) is 16.8. The van der Waals surface area contributed by atoms with Crippen LogP contribution in [0.1, 0.15) is 77.6 Å². The van der Waals surface area contributed by atoms with Crippen LogP contribution >= 0.6 is 22.7 Å². The molecule has 1 aliphatic heterocycles. The molecular weight excluding hydrogens is 812 g/mol. The van der Waals surface area contributed by atoms with E-state index in [0.29, 0.717) is 0 Å². The molecule has 0 fully saturated rings. The van der Waals surface area contributed by atoms with Crippen LogP contribution in [0.3, 0.4) is 0 Å². The summed E-state index contributed by atoms with van der Waals surface area (Å²) in [5, 5.41) is 11.9. The van der Waals surface area contributed by atoms with Gasteiger partial charge in [-0.1, -0.05) is 146 Å². The largest absolute Gasteiger partial charge is 0.355 e. The fourth-order valence-electron chi connectivity index (χ4n) is 11.0. The highest BCUT2D eigenvalue weighted by Gasteiger charge is 2.37. The summed E-state index contributed by atoms with van der Waals surface area (Å²) in [7, 11) is 2.50. The molecule has 3 aromatic heterocycles. The van der Waals surface area contributed by atoms with E-state index in [1.54, 1.807) is 0 Å². The normalized spacial score (nSPS) is 14.2. The summed E-state index contributed by atoms with van der Waals surface area (Å²) >= 11 is 3.80. The van der Waals surface area contributed by atoms with Crippen LogP contribution in [0.5, 0.6) is 0 Å². The van der Waals surface area contributed by atoms with Crippen LogP contribution in [0.15, 0.2) is 140 Å². The predicted molar refractivity (Wildman–Crippen MR) is 282 cm³/mol. The molecule has 5 heteroatoms. The van der Waals surface area contributed by atoms with Crippen molar-refractivity contribution >= 4 is 114 Å². The first-order valence-electron chi connectivity index (χ1n) is 22.7. The fourth-order valence-corrected chi connectivity index (χ4v) is 13.3. The van der Waals surface area contributed by atoms with Crippen molar-refractivity contribution in [2.45, 2.75) is 71.6 Å². The van der Waals surface area contributed by atoms with Crippen molar-refractivity contribution in [1.29, 1.82) is 0 Å². The zero-order chi connectivity index (χ0) is 43.6. The van der Waals surface area contributed by atoms with E-state index < -0.39 is 0 Å².